The zero-order valence-corrected chi connectivity index (χ0v) is 24.3. The van der Waals surface area contributed by atoms with Crippen molar-refractivity contribution in [3.63, 3.8) is 0 Å². The van der Waals surface area contributed by atoms with Crippen LogP contribution in [0.5, 0.6) is 0 Å². The van der Waals surface area contributed by atoms with E-state index in [4.69, 9.17) is 19.7 Å². The van der Waals surface area contributed by atoms with Gasteiger partial charge in [0.2, 0.25) is 11.9 Å². The highest BCUT2D eigenvalue weighted by atomic mass is 16.6. The number of carbonyl (C=O) groups excluding carboxylic acids is 2. The van der Waals surface area contributed by atoms with Gasteiger partial charge in [-0.25, -0.2) is 14.8 Å². The molecular weight excluding hydrogens is 522 g/mol. The minimum absolute atomic E-state index is 0.0814. The van der Waals surface area contributed by atoms with Crippen molar-refractivity contribution in [2.24, 2.45) is 4.99 Å². The molecule has 5 heterocycles. The van der Waals surface area contributed by atoms with Crippen molar-refractivity contribution in [3.8, 4) is 0 Å². The summed E-state index contributed by atoms with van der Waals surface area (Å²) in [6.07, 6.45) is 1.32. The molecule has 1 fully saturated rings. The average molecular weight is 560 g/mol. The Balaban J connectivity index is 1.29. The Morgan fingerprint density at radius 1 is 1.15 bits per heavy atom. The third-order valence-electron chi connectivity index (χ3n) is 7.57. The van der Waals surface area contributed by atoms with E-state index in [1.54, 1.807) is 4.90 Å². The number of anilines is 2. The Hall–Kier alpha value is -4.22. The van der Waals surface area contributed by atoms with Crippen LogP contribution in [0.25, 0.3) is 10.9 Å². The van der Waals surface area contributed by atoms with Gasteiger partial charge in [-0.3, -0.25) is 19.6 Å². The molecule has 216 valence electrons. The Kier molecular flexibility index (Phi) is 6.79. The Labute approximate surface area is 239 Å². The first-order valence-corrected chi connectivity index (χ1v) is 14.3. The molecule has 12 heteroatoms. The van der Waals surface area contributed by atoms with Gasteiger partial charge in [0.25, 0.3) is 5.91 Å². The van der Waals surface area contributed by atoms with E-state index in [0.29, 0.717) is 49.5 Å². The van der Waals surface area contributed by atoms with Gasteiger partial charge in [-0.15, -0.1) is 0 Å². The number of aromatic nitrogens is 4. The lowest BCUT2D eigenvalue weighted by molar-refractivity contribution is 0.0499. The number of piperidine rings is 1. The number of ether oxygens (including phenoxy) is 1. The highest BCUT2D eigenvalue weighted by Crippen LogP contribution is 2.35. The van der Waals surface area contributed by atoms with Gasteiger partial charge in [-0.2, -0.15) is 4.98 Å². The number of hydrogen-bond acceptors (Lipinski definition) is 9. The topological polar surface area (TPSA) is 121 Å². The van der Waals surface area contributed by atoms with Crippen LogP contribution in [0.1, 0.15) is 62.5 Å². The van der Waals surface area contributed by atoms with Crippen molar-refractivity contribution >= 4 is 40.6 Å². The number of nitrogens with zero attached hydrogens (tertiary/aromatic N) is 8. The minimum atomic E-state index is -0.562. The van der Waals surface area contributed by atoms with E-state index in [-0.39, 0.29) is 18.5 Å². The monoisotopic (exact) mass is 559 g/mol. The second kappa shape index (κ2) is 10.3. The standard InChI is InChI=1S/C29H37N9O3/c1-6-36-23-24(34-27(36)35-14-9-10-19(16-35)32-28(40)41-29(3,4)5)37-15-13-30-26(37)38(25(23)39)17-22-31-18(2)20-11-7-8-12-21(20)33-22/h7-8,11-12,19H,6,9-10,13-17H2,1-5H3,(H,32,40)/t19-/m1/s1. The van der Waals surface area contributed by atoms with Gasteiger partial charge in [0.05, 0.1) is 18.6 Å². The van der Waals surface area contributed by atoms with Crippen LogP contribution in [0.4, 0.5) is 16.6 Å². The Bertz CT molecular complexity index is 1540. The lowest BCUT2D eigenvalue weighted by Gasteiger charge is -2.34. The molecule has 0 bridgehead atoms. The molecule has 1 saturated heterocycles. The van der Waals surface area contributed by atoms with Crippen LogP contribution in [0.2, 0.25) is 0 Å². The molecule has 0 spiro atoms. The van der Waals surface area contributed by atoms with Crippen molar-refractivity contribution in [2.75, 3.05) is 36.0 Å². The fraction of sp³-hybridized carbons (Fsp3) is 0.517. The zero-order chi connectivity index (χ0) is 28.9. The first-order valence-electron chi connectivity index (χ1n) is 14.3. The summed E-state index contributed by atoms with van der Waals surface area (Å²) in [5.41, 5.74) is 1.71. The third kappa shape index (κ3) is 5.07. The van der Waals surface area contributed by atoms with E-state index in [9.17, 15) is 9.59 Å². The molecule has 0 unspecified atom stereocenters. The van der Waals surface area contributed by atoms with Crippen molar-refractivity contribution in [2.45, 2.75) is 72.2 Å². The number of carbonyl (C=O) groups is 2. The van der Waals surface area contributed by atoms with Crippen LogP contribution in [-0.4, -0.2) is 80.2 Å². The second-order valence-electron chi connectivity index (χ2n) is 11.7. The summed E-state index contributed by atoms with van der Waals surface area (Å²) < 4.78 is 7.46. The van der Waals surface area contributed by atoms with Crippen molar-refractivity contribution in [1.82, 2.24) is 29.7 Å². The highest BCUT2D eigenvalue weighted by molar-refractivity contribution is 6.18. The predicted octanol–water partition coefficient (Wildman–Crippen LogP) is 3.48. The minimum Gasteiger partial charge on any atom is -0.444 e. The lowest BCUT2D eigenvalue weighted by Crippen LogP contribution is -2.50. The predicted molar refractivity (Wildman–Crippen MR) is 156 cm³/mol. The molecule has 1 aromatic carbocycles. The number of nitrogens with one attached hydrogen (secondary N) is 1. The van der Waals surface area contributed by atoms with Crippen LogP contribution in [-0.2, 0) is 17.8 Å². The molecule has 2 amide bonds. The summed E-state index contributed by atoms with van der Waals surface area (Å²) in [6, 6.07) is 7.81. The summed E-state index contributed by atoms with van der Waals surface area (Å²) in [6.45, 7) is 12.9. The SMILES string of the molecule is CCn1c(N2CCC[C@@H](NC(=O)OC(C)(C)C)C2)nc2c1C(=O)N(Cc1nc(C)c3ccccc3n1)C1=NCCN12. The zero-order valence-electron chi connectivity index (χ0n) is 24.3. The molecule has 0 radical (unpaired) electrons. The molecule has 3 aliphatic heterocycles. The number of guanidine groups is 1. The molecule has 3 aliphatic rings. The van der Waals surface area contributed by atoms with E-state index in [1.807, 2.05) is 68.4 Å². The van der Waals surface area contributed by atoms with Crippen molar-refractivity contribution in [3.05, 3.63) is 41.5 Å². The number of alkyl carbamates (subject to hydrolysis) is 1. The molecule has 12 nitrogen and oxygen atoms in total. The summed E-state index contributed by atoms with van der Waals surface area (Å²) in [5, 5.41) is 4.01. The van der Waals surface area contributed by atoms with Gasteiger partial charge in [0.1, 0.15) is 11.4 Å². The first-order chi connectivity index (χ1) is 19.6. The summed E-state index contributed by atoms with van der Waals surface area (Å²) in [5.74, 6) is 2.37. The molecule has 2 aromatic heterocycles. The molecule has 6 rings (SSSR count). The van der Waals surface area contributed by atoms with E-state index in [1.165, 1.54) is 0 Å². The molecule has 0 aliphatic carbocycles. The quantitative estimate of drug-likeness (QED) is 0.504. The number of para-hydroxylation sites is 1. The Morgan fingerprint density at radius 3 is 2.73 bits per heavy atom. The van der Waals surface area contributed by atoms with Crippen LogP contribution in [0.15, 0.2) is 29.3 Å². The van der Waals surface area contributed by atoms with Gasteiger partial charge in [-0.05, 0) is 53.5 Å². The molecule has 3 aromatic rings. The smallest absolute Gasteiger partial charge is 0.407 e. The summed E-state index contributed by atoms with van der Waals surface area (Å²) in [7, 11) is 0. The summed E-state index contributed by atoms with van der Waals surface area (Å²) >= 11 is 0. The number of aliphatic imine (C=N–C) groups is 1. The van der Waals surface area contributed by atoms with Gasteiger partial charge in [0.15, 0.2) is 11.5 Å². The molecule has 0 saturated carbocycles. The van der Waals surface area contributed by atoms with Crippen LogP contribution in [0, 0.1) is 6.92 Å². The van der Waals surface area contributed by atoms with E-state index in [2.05, 4.69) is 15.2 Å². The van der Waals surface area contributed by atoms with E-state index in [0.717, 1.165) is 41.9 Å². The van der Waals surface area contributed by atoms with E-state index < -0.39 is 11.7 Å². The number of imidazole rings is 1. The molecule has 1 N–H and O–H groups in total. The number of fused-ring (bicyclic) bond motifs is 4. The van der Waals surface area contributed by atoms with E-state index >= 15 is 0 Å². The number of hydrogen-bond donors (Lipinski definition) is 1. The van der Waals surface area contributed by atoms with Gasteiger partial charge in [-0.1, -0.05) is 18.2 Å². The Morgan fingerprint density at radius 2 is 1.95 bits per heavy atom. The van der Waals surface area contributed by atoms with Crippen LogP contribution in [0.3, 0.4) is 0 Å². The largest absolute Gasteiger partial charge is 0.444 e. The number of aryl methyl sites for hydroxylation is 1. The number of rotatable bonds is 5. The number of amides is 2. The number of benzene rings is 1. The van der Waals surface area contributed by atoms with Crippen molar-refractivity contribution in [1.29, 1.82) is 0 Å². The van der Waals surface area contributed by atoms with Crippen molar-refractivity contribution < 1.29 is 14.3 Å². The first kappa shape index (κ1) is 27.0. The summed E-state index contributed by atoms with van der Waals surface area (Å²) in [4.78, 5) is 51.6. The van der Waals surface area contributed by atoms with Crippen LogP contribution < -0.4 is 15.1 Å². The van der Waals surface area contributed by atoms with Gasteiger partial charge >= 0.3 is 6.09 Å². The second-order valence-corrected chi connectivity index (χ2v) is 11.7. The molecule has 41 heavy (non-hydrogen) atoms. The maximum atomic E-state index is 14.1. The molecular formula is C29H37N9O3. The van der Waals surface area contributed by atoms with Gasteiger partial charge < -0.3 is 19.5 Å². The van der Waals surface area contributed by atoms with Crippen LogP contribution >= 0.6 is 0 Å². The third-order valence-corrected chi connectivity index (χ3v) is 7.57. The fourth-order valence-corrected chi connectivity index (χ4v) is 5.86. The highest BCUT2D eigenvalue weighted by Gasteiger charge is 2.43. The lowest BCUT2D eigenvalue weighted by atomic mass is 10.1. The van der Waals surface area contributed by atoms with Gasteiger partial charge in [0, 0.05) is 43.3 Å². The average Bonchev–Trinajstić information content (AvgIpc) is 3.55. The maximum Gasteiger partial charge on any atom is 0.407 e. The maximum absolute atomic E-state index is 14.1. The normalized spacial score (nSPS) is 18.9. The molecule has 1 atom stereocenters. The fourth-order valence-electron chi connectivity index (χ4n) is 5.86.